The van der Waals surface area contributed by atoms with Crippen LogP contribution in [0.5, 0.6) is 5.75 Å². The maximum absolute atomic E-state index is 12.1. The number of carbonyl (C=O) groups excluding carboxylic acids is 1. The summed E-state index contributed by atoms with van der Waals surface area (Å²) in [6, 6.07) is 6.80. The van der Waals surface area contributed by atoms with Crippen LogP contribution in [0.4, 0.5) is 0 Å². The highest BCUT2D eigenvalue weighted by Crippen LogP contribution is 2.25. The normalized spacial score (nSPS) is 18.1. The summed E-state index contributed by atoms with van der Waals surface area (Å²) in [5, 5.41) is 9.07. The van der Waals surface area contributed by atoms with Crippen molar-refractivity contribution in [1.82, 2.24) is 4.90 Å². The Morgan fingerprint density at radius 2 is 2.30 bits per heavy atom. The molecule has 20 heavy (non-hydrogen) atoms. The Balaban J connectivity index is 1.93. The molecule has 108 valence electrons. The highest BCUT2D eigenvalue weighted by Gasteiger charge is 2.33. The van der Waals surface area contributed by atoms with E-state index in [1.807, 2.05) is 24.3 Å². The summed E-state index contributed by atoms with van der Waals surface area (Å²) in [4.78, 5) is 25.6. The highest BCUT2D eigenvalue weighted by atomic mass is 32.2. The maximum atomic E-state index is 12.1. The zero-order valence-corrected chi connectivity index (χ0v) is 12.1. The molecule has 1 aliphatic heterocycles. The number of nitrogens with zero attached hydrogens (tertiary/aromatic N) is 1. The Kier molecular flexibility index (Phi) is 4.89. The second kappa shape index (κ2) is 6.65. The molecule has 0 radical (unpaired) electrons. The molecule has 5 nitrogen and oxygen atoms in total. The summed E-state index contributed by atoms with van der Waals surface area (Å²) in [7, 11) is 1.59. The smallest absolute Gasteiger partial charge is 0.326 e. The molecule has 1 N–H and O–H groups in total. The molecule has 0 aromatic heterocycles. The molecule has 1 aromatic rings. The van der Waals surface area contributed by atoms with Gasteiger partial charge in [0.1, 0.15) is 11.8 Å². The van der Waals surface area contributed by atoms with Crippen molar-refractivity contribution in [2.45, 2.75) is 23.8 Å². The fourth-order valence-corrected chi connectivity index (χ4v) is 3.07. The van der Waals surface area contributed by atoms with E-state index in [0.717, 1.165) is 17.1 Å². The molecule has 6 heteroatoms. The van der Waals surface area contributed by atoms with E-state index in [4.69, 9.17) is 9.84 Å². The number of methoxy groups -OCH3 is 1. The van der Waals surface area contributed by atoms with E-state index in [9.17, 15) is 9.59 Å². The van der Waals surface area contributed by atoms with E-state index in [2.05, 4.69) is 0 Å². The van der Waals surface area contributed by atoms with Gasteiger partial charge in [-0.05, 0) is 31.0 Å². The number of amides is 1. The quantitative estimate of drug-likeness (QED) is 0.840. The largest absolute Gasteiger partial charge is 0.497 e. The van der Waals surface area contributed by atoms with Crippen molar-refractivity contribution in [1.29, 1.82) is 0 Å². The summed E-state index contributed by atoms with van der Waals surface area (Å²) in [6.07, 6.45) is 1.30. The van der Waals surface area contributed by atoms with Crippen molar-refractivity contribution in [2.75, 3.05) is 19.4 Å². The van der Waals surface area contributed by atoms with Crippen molar-refractivity contribution >= 4 is 23.6 Å². The van der Waals surface area contributed by atoms with Gasteiger partial charge in [0.25, 0.3) is 0 Å². The highest BCUT2D eigenvalue weighted by molar-refractivity contribution is 8.00. The minimum atomic E-state index is -0.915. The molecule has 1 amide bonds. The average molecular weight is 295 g/mol. The second-order valence-electron chi connectivity index (χ2n) is 4.55. The number of likely N-dealkylation sites (tertiary alicyclic amines) is 1. The molecular formula is C14H17NO4S. The summed E-state index contributed by atoms with van der Waals surface area (Å²) in [6.45, 7) is 0.536. The van der Waals surface area contributed by atoms with Gasteiger partial charge in [0.15, 0.2) is 0 Å². The number of carbonyl (C=O) groups is 2. The Morgan fingerprint density at radius 1 is 1.50 bits per heavy atom. The first-order valence-corrected chi connectivity index (χ1v) is 7.39. The molecule has 1 saturated heterocycles. The van der Waals surface area contributed by atoms with Gasteiger partial charge in [-0.15, -0.1) is 11.8 Å². The van der Waals surface area contributed by atoms with Crippen molar-refractivity contribution in [3.05, 3.63) is 24.3 Å². The lowest BCUT2D eigenvalue weighted by Gasteiger charge is -2.21. The third kappa shape index (κ3) is 3.45. The van der Waals surface area contributed by atoms with Crippen LogP contribution in [0.25, 0.3) is 0 Å². The third-order valence-corrected chi connectivity index (χ3v) is 4.24. The first-order chi connectivity index (χ1) is 9.61. The number of aliphatic carboxylic acids is 1. The molecule has 0 bridgehead atoms. The van der Waals surface area contributed by atoms with Crippen LogP contribution in [-0.2, 0) is 9.59 Å². The van der Waals surface area contributed by atoms with E-state index < -0.39 is 12.0 Å². The number of thioether (sulfide) groups is 1. The van der Waals surface area contributed by atoms with Crippen molar-refractivity contribution in [3.8, 4) is 5.75 Å². The molecule has 2 rings (SSSR count). The molecule has 0 saturated carbocycles. The first kappa shape index (κ1) is 14.7. The lowest BCUT2D eigenvalue weighted by molar-refractivity contribution is -0.147. The van der Waals surface area contributed by atoms with Crippen molar-refractivity contribution < 1.29 is 19.4 Å². The molecule has 0 spiro atoms. The zero-order valence-electron chi connectivity index (χ0n) is 11.2. The van der Waals surface area contributed by atoms with Crippen molar-refractivity contribution in [3.63, 3.8) is 0 Å². The van der Waals surface area contributed by atoms with Crippen LogP contribution < -0.4 is 4.74 Å². The van der Waals surface area contributed by atoms with Gasteiger partial charge in [-0.3, -0.25) is 4.79 Å². The fraction of sp³-hybridized carbons (Fsp3) is 0.429. The Morgan fingerprint density at radius 3 is 3.00 bits per heavy atom. The van der Waals surface area contributed by atoms with Crippen LogP contribution in [0, 0.1) is 0 Å². The third-order valence-electron chi connectivity index (χ3n) is 3.26. The second-order valence-corrected chi connectivity index (χ2v) is 5.60. The number of carboxylic acid groups (broad SMARTS) is 1. The topological polar surface area (TPSA) is 66.8 Å². The zero-order chi connectivity index (χ0) is 14.5. The van der Waals surface area contributed by atoms with Crippen LogP contribution in [0.15, 0.2) is 29.2 Å². The summed E-state index contributed by atoms with van der Waals surface area (Å²) < 4.78 is 5.12. The number of rotatable bonds is 5. The number of benzene rings is 1. The van der Waals surface area contributed by atoms with Crippen LogP contribution in [0.1, 0.15) is 12.8 Å². The standard InChI is InChI=1S/C14H17NO4S/c1-19-10-4-2-5-11(8-10)20-9-13(16)15-7-3-6-12(15)14(17)18/h2,4-5,8,12H,3,6-7,9H2,1H3,(H,17,18)/t12-/m0/s1. The fourth-order valence-electron chi connectivity index (χ4n) is 2.24. The van der Waals surface area contributed by atoms with Crippen LogP contribution in [0.3, 0.4) is 0 Å². The van der Waals surface area contributed by atoms with Gasteiger partial charge >= 0.3 is 5.97 Å². The monoisotopic (exact) mass is 295 g/mol. The van der Waals surface area contributed by atoms with E-state index in [-0.39, 0.29) is 11.7 Å². The Bertz CT molecular complexity index is 506. The van der Waals surface area contributed by atoms with E-state index in [1.165, 1.54) is 16.7 Å². The molecule has 1 heterocycles. The molecule has 1 fully saturated rings. The van der Waals surface area contributed by atoms with Gasteiger partial charge in [0.05, 0.1) is 12.9 Å². The Hall–Kier alpha value is -1.69. The van der Waals surface area contributed by atoms with Gasteiger partial charge in [-0.25, -0.2) is 4.79 Å². The van der Waals surface area contributed by atoms with Gasteiger partial charge in [-0.2, -0.15) is 0 Å². The average Bonchev–Trinajstić information content (AvgIpc) is 2.94. The lowest BCUT2D eigenvalue weighted by atomic mass is 10.2. The van der Waals surface area contributed by atoms with Crippen LogP contribution in [0.2, 0.25) is 0 Å². The summed E-state index contributed by atoms with van der Waals surface area (Å²) in [5.74, 6) is -0.0475. The molecule has 1 aliphatic rings. The van der Waals surface area contributed by atoms with E-state index in [0.29, 0.717) is 13.0 Å². The van der Waals surface area contributed by atoms with Crippen LogP contribution in [-0.4, -0.2) is 47.3 Å². The predicted molar refractivity (Wildman–Crippen MR) is 76.1 cm³/mol. The lowest BCUT2D eigenvalue weighted by Crippen LogP contribution is -2.41. The number of hydrogen-bond acceptors (Lipinski definition) is 4. The Labute approximate surface area is 121 Å². The molecular weight excluding hydrogens is 278 g/mol. The minimum absolute atomic E-state index is 0.122. The first-order valence-electron chi connectivity index (χ1n) is 6.41. The predicted octanol–water partition coefficient (Wildman–Crippen LogP) is 1.86. The SMILES string of the molecule is COc1cccc(SCC(=O)N2CCC[C@H]2C(=O)O)c1. The van der Waals surface area contributed by atoms with E-state index in [1.54, 1.807) is 7.11 Å². The summed E-state index contributed by atoms with van der Waals surface area (Å²) in [5.41, 5.74) is 0. The van der Waals surface area contributed by atoms with Gasteiger partial charge < -0.3 is 14.7 Å². The number of carboxylic acids is 1. The minimum Gasteiger partial charge on any atom is -0.497 e. The number of hydrogen-bond donors (Lipinski definition) is 1. The van der Waals surface area contributed by atoms with E-state index >= 15 is 0 Å². The molecule has 0 aliphatic carbocycles. The maximum Gasteiger partial charge on any atom is 0.326 e. The molecule has 1 aromatic carbocycles. The van der Waals surface area contributed by atoms with Gasteiger partial charge in [-0.1, -0.05) is 6.07 Å². The van der Waals surface area contributed by atoms with Crippen molar-refractivity contribution in [2.24, 2.45) is 0 Å². The van der Waals surface area contributed by atoms with Gasteiger partial charge in [0, 0.05) is 11.4 Å². The molecule has 1 atom stereocenters. The van der Waals surface area contributed by atoms with Crippen LogP contribution >= 0.6 is 11.8 Å². The molecule has 0 unspecified atom stereocenters. The van der Waals surface area contributed by atoms with Gasteiger partial charge in [0.2, 0.25) is 5.91 Å². The number of ether oxygens (including phenoxy) is 1. The summed E-state index contributed by atoms with van der Waals surface area (Å²) >= 11 is 1.39.